The van der Waals surface area contributed by atoms with Crippen LogP contribution in [-0.4, -0.2) is 51.1 Å². The van der Waals surface area contributed by atoms with Crippen molar-refractivity contribution in [3.63, 3.8) is 0 Å². The van der Waals surface area contributed by atoms with Crippen LogP contribution in [0.3, 0.4) is 0 Å². The molecule has 172 valence electrons. The van der Waals surface area contributed by atoms with Gasteiger partial charge in [-0.15, -0.1) is 0 Å². The summed E-state index contributed by atoms with van der Waals surface area (Å²) in [5.74, 6) is 0. The molecule has 0 unspecified atom stereocenters. The normalized spacial score (nSPS) is 15.0. The molecule has 0 amide bonds. The van der Waals surface area contributed by atoms with Gasteiger partial charge in [-0.25, -0.2) is 4.52 Å². The molecule has 9 heteroatoms. The van der Waals surface area contributed by atoms with Crippen LogP contribution >= 0.6 is 23.4 Å². The predicted octanol–water partition coefficient (Wildman–Crippen LogP) is 5.78. The molecule has 0 saturated carbocycles. The van der Waals surface area contributed by atoms with E-state index in [1.165, 1.54) is 11.8 Å². The minimum atomic E-state index is 0.408. The van der Waals surface area contributed by atoms with E-state index in [2.05, 4.69) is 52.5 Å². The van der Waals surface area contributed by atoms with Crippen molar-refractivity contribution in [2.75, 3.05) is 20.1 Å². The summed E-state index contributed by atoms with van der Waals surface area (Å²) in [6.45, 7) is 7.96. The Morgan fingerprint density at radius 2 is 2.00 bits per heavy atom. The number of benzene rings is 1. The molecule has 34 heavy (non-hydrogen) atoms. The van der Waals surface area contributed by atoms with E-state index in [1.807, 2.05) is 24.5 Å². The van der Waals surface area contributed by atoms with E-state index < -0.39 is 0 Å². The summed E-state index contributed by atoms with van der Waals surface area (Å²) in [7, 11) is 2.17. The minimum Gasteiger partial charge on any atom is -0.306 e. The summed E-state index contributed by atoms with van der Waals surface area (Å²) in [5.41, 5.74) is 5.09. The lowest BCUT2D eigenvalue weighted by atomic mass is 10.0. The molecule has 0 N–H and O–H groups in total. The standard InChI is InChI=1S/C25H24ClN7S/c1-16-20(14-30-33(16)19-7-9-31(3)10-8-19)17-11-23(25-18(12-27)13-29-32(25)15-17)34-22-6-4-5-21(26)24(22)28-2/h4-6,11,13-15,19H,2,7-10H2,1,3H3. The van der Waals surface area contributed by atoms with Crippen molar-refractivity contribution in [3.8, 4) is 17.2 Å². The molecule has 1 aliphatic heterocycles. The second-order valence-corrected chi connectivity index (χ2v) is 10.0. The molecule has 0 radical (unpaired) electrons. The zero-order chi connectivity index (χ0) is 23.8. The molecule has 1 fully saturated rings. The molecular formula is C25H24ClN7S. The Hall–Kier alpha value is -3.12. The van der Waals surface area contributed by atoms with Crippen LogP contribution in [-0.2, 0) is 0 Å². The van der Waals surface area contributed by atoms with Gasteiger partial charge in [0.15, 0.2) is 0 Å². The molecule has 4 heterocycles. The number of pyridine rings is 1. The first-order valence-electron chi connectivity index (χ1n) is 11.1. The quantitative estimate of drug-likeness (QED) is 0.332. The van der Waals surface area contributed by atoms with Gasteiger partial charge in [0.1, 0.15) is 6.07 Å². The number of hydrogen-bond acceptors (Lipinski definition) is 6. The monoisotopic (exact) mass is 489 g/mol. The first kappa shape index (κ1) is 22.7. The first-order chi connectivity index (χ1) is 16.5. The van der Waals surface area contributed by atoms with E-state index in [4.69, 9.17) is 16.7 Å². The van der Waals surface area contributed by atoms with Crippen molar-refractivity contribution in [1.82, 2.24) is 24.3 Å². The molecule has 0 aliphatic carbocycles. The van der Waals surface area contributed by atoms with Gasteiger partial charge < -0.3 is 4.90 Å². The molecule has 0 bridgehead atoms. The summed E-state index contributed by atoms with van der Waals surface area (Å²) in [4.78, 5) is 8.25. The van der Waals surface area contributed by atoms with Crippen molar-refractivity contribution in [3.05, 3.63) is 59.1 Å². The van der Waals surface area contributed by atoms with E-state index >= 15 is 0 Å². The van der Waals surface area contributed by atoms with Gasteiger partial charge in [0.25, 0.3) is 0 Å². The fourth-order valence-electron chi connectivity index (χ4n) is 4.56. The third kappa shape index (κ3) is 4.00. The van der Waals surface area contributed by atoms with Gasteiger partial charge >= 0.3 is 0 Å². The molecule has 3 aromatic heterocycles. The highest BCUT2D eigenvalue weighted by Gasteiger charge is 2.23. The van der Waals surface area contributed by atoms with Crippen molar-refractivity contribution >= 4 is 41.3 Å². The summed E-state index contributed by atoms with van der Waals surface area (Å²) in [5, 5.41) is 19.4. The molecular weight excluding hydrogens is 466 g/mol. The number of nitriles is 1. The highest BCUT2D eigenvalue weighted by atomic mass is 35.5. The van der Waals surface area contributed by atoms with E-state index in [0.717, 1.165) is 58.1 Å². The van der Waals surface area contributed by atoms with Gasteiger partial charge in [0, 0.05) is 32.8 Å². The lowest BCUT2D eigenvalue weighted by Gasteiger charge is -2.29. The Labute approximate surface area is 207 Å². The van der Waals surface area contributed by atoms with Crippen LogP contribution in [0.25, 0.3) is 16.6 Å². The molecule has 4 aromatic rings. The van der Waals surface area contributed by atoms with E-state index in [1.54, 1.807) is 16.8 Å². The average Bonchev–Trinajstić information content (AvgIpc) is 3.43. The van der Waals surface area contributed by atoms with Crippen LogP contribution in [0.4, 0.5) is 5.69 Å². The lowest BCUT2D eigenvalue weighted by Crippen LogP contribution is -2.32. The van der Waals surface area contributed by atoms with Crippen molar-refractivity contribution in [2.45, 2.75) is 35.6 Å². The van der Waals surface area contributed by atoms with Crippen molar-refractivity contribution < 1.29 is 0 Å². The maximum absolute atomic E-state index is 9.68. The number of halogens is 1. The molecule has 1 saturated heterocycles. The molecule has 7 nitrogen and oxygen atoms in total. The van der Waals surface area contributed by atoms with E-state index in [0.29, 0.717) is 22.3 Å². The van der Waals surface area contributed by atoms with Gasteiger partial charge in [-0.05, 0) is 64.8 Å². The fraction of sp³-hybridized carbons (Fsp3) is 0.280. The van der Waals surface area contributed by atoms with Crippen LogP contribution in [0.15, 0.2) is 57.6 Å². The minimum absolute atomic E-state index is 0.408. The Balaban J connectivity index is 1.60. The maximum Gasteiger partial charge on any atom is 0.103 e. The SMILES string of the molecule is C=Nc1c(Cl)cccc1Sc1cc(-c2cnn(C3CCN(C)CC3)c2C)cn2ncc(C#N)c12. The summed E-state index contributed by atoms with van der Waals surface area (Å²) in [6, 6.07) is 10.4. The number of para-hydroxylation sites is 1. The number of nitrogens with zero attached hydrogens (tertiary/aromatic N) is 7. The zero-order valence-electron chi connectivity index (χ0n) is 19.1. The second kappa shape index (κ2) is 9.26. The number of fused-ring (bicyclic) bond motifs is 1. The van der Waals surface area contributed by atoms with Crippen molar-refractivity contribution in [2.24, 2.45) is 4.99 Å². The summed E-state index contributed by atoms with van der Waals surface area (Å²) >= 11 is 7.86. The summed E-state index contributed by atoms with van der Waals surface area (Å²) in [6.07, 6.45) is 7.69. The molecule has 1 aromatic carbocycles. The topological polar surface area (TPSA) is 74.5 Å². The molecule has 0 atom stereocenters. The highest BCUT2D eigenvalue weighted by molar-refractivity contribution is 7.99. The molecule has 1 aliphatic rings. The molecule has 0 spiro atoms. The number of hydrogen-bond donors (Lipinski definition) is 0. The van der Waals surface area contributed by atoms with E-state index in [9.17, 15) is 5.26 Å². The van der Waals surface area contributed by atoms with Crippen LogP contribution in [0, 0.1) is 18.3 Å². The number of rotatable bonds is 5. The molecule has 5 rings (SSSR count). The van der Waals surface area contributed by atoms with Crippen LogP contribution in [0.1, 0.15) is 30.1 Å². The Kier molecular flexibility index (Phi) is 6.17. The van der Waals surface area contributed by atoms with Gasteiger partial charge in [-0.3, -0.25) is 9.67 Å². The number of aromatic nitrogens is 4. The first-order valence-corrected chi connectivity index (χ1v) is 12.3. The third-order valence-electron chi connectivity index (χ3n) is 6.41. The van der Waals surface area contributed by atoms with Crippen LogP contribution < -0.4 is 0 Å². The lowest BCUT2D eigenvalue weighted by molar-refractivity contribution is 0.210. The Morgan fingerprint density at radius 3 is 2.74 bits per heavy atom. The zero-order valence-corrected chi connectivity index (χ0v) is 20.6. The van der Waals surface area contributed by atoms with Gasteiger partial charge in [-0.1, -0.05) is 29.4 Å². The number of aliphatic imine (C=N–C) groups is 1. The Bertz CT molecular complexity index is 1420. The van der Waals surface area contributed by atoms with Gasteiger partial charge in [0.05, 0.1) is 40.2 Å². The number of likely N-dealkylation sites (tertiary alicyclic amines) is 1. The van der Waals surface area contributed by atoms with E-state index in [-0.39, 0.29) is 0 Å². The average molecular weight is 490 g/mol. The second-order valence-electron chi connectivity index (χ2n) is 8.53. The van der Waals surface area contributed by atoms with Crippen LogP contribution in [0.5, 0.6) is 0 Å². The van der Waals surface area contributed by atoms with Gasteiger partial charge in [-0.2, -0.15) is 15.5 Å². The maximum atomic E-state index is 9.68. The number of piperidine rings is 1. The smallest absolute Gasteiger partial charge is 0.103 e. The fourth-order valence-corrected chi connectivity index (χ4v) is 5.99. The van der Waals surface area contributed by atoms with Gasteiger partial charge in [0.2, 0.25) is 0 Å². The summed E-state index contributed by atoms with van der Waals surface area (Å²) < 4.78 is 3.94. The van der Waals surface area contributed by atoms with Crippen LogP contribution in [0.2, 0.25) is 5.02 Å². The van der Waals surface area contributed by atoms with Crippen molar-refractivity contribution in [1.29, 1.82) is 5.26 Å². The Morgan fingerprint density at radius 1 is 1.21 bits per heavy atom. The highest BCUT2D eigenvalue weighted by Crippen LogP contribution is 2.42. The predicted molar refractivity (Wildman–Crippen MR) is 136 cm³/mol. The third-order valence-corrected chi connectivity index (χ3v) is 7.80. The largest absolute Gasteiger partial charge is 0.306 e.